The maximum atomic E-state index is 10.1. The molecule has 0 aliphatic carbocycles. The fourth-order valence-electron chi connectivity index (χ4n) is 2.82. The van der Waals surface area contributed by atoms with Gasteiger partial charge in [0.05, 0.1) is 6.10 Å². The monoisotopic (exact) mass is 287 g/mol. The molecule has 1 aliphatic heterocycles. The Kier molecular flexibility index (Phi) is 4.36. The van der Waals surface area contributed by atoms with Crippen LogP contribution in [-0.4, -0.2) is 35.7 Å². The Morgan fingerprint density at radius 1 is 1.05 bits per heavy atom. The third kappa shape index (κ3) is 3.60. The number of aliphatic hydroxyl groups is 1. The molecule has 114 valence electrons. The van der Waals surface area contributed by atoms with E-state index in [4.69, 9.17) is 4.53 Å². The van der Waals surface area contributed by atoms with Gasteiger partial charge in [-0.05, 0) is 58.7 Å². The number of hydrogen-bond acceptors (Lipinski definition) is 3. The van der Waals surface area contributed by atoms with Gasteiger partial charge in [0.25, 0.3) is 0 Å². The van der Waals surface area contributed by atoms with Crippen molar-refractivity contribution in [3.8, 4) is 0 Å². The van der Waals surface area contributed by atoms with Crippen LogP contribution in [0.3, 0.4) is 0 Å². The maximum Gasteiger partial charge on any atom is 0.220 e. The number of rotatable bonds is 2. The highest BCUT2D eigenvalue weighted by atomic mass is 28.4. The summed E-state index contributed by atoms with van der Waals surface area (Å²) in [6.45, 7) is 20.0. The Morgan fingerprint density at radius 3 is 1.74 bits per heavy atom. The highest BCUT2D eigenvalue weighted by Crippen LogP contribution is 2.44. The summed E-state index contributed by atoms with van der Waals surface area (Å²) >= 11 is 0. The Morgan fingerprint density at radius 2 is 1.42 bits per heavy atom. The molecule has 0 aromatic heterocycles. The lowest BCUT2D eigenvalue weighted by atomic mass is 9.80. The van der Waals surface area contributed by atoms with Gasteiger partial charge < -0.3 is 9.63 Å². The zero-order chi connectivity index (χ0) is 15.3. The largest absolute Gasteiger partial charge is 0.393 e. The van der Waals surface area contributed by atoms with Gasteiger partial charge in [-0.2, -0.15) is 5.06 Å². The summed E-state index contributed by atoms with van der Waals surface area (Å²) in [5.74, 6) is 0. The lowest BCUT2D eigenvalue weighted by molar-refractivity contribution is -0.243. The molecule has 0 radical (unpaired) electrons. The first kappa shape index (κ1) is 17.1. The molecular formula is C15H33NO2Si. The number of piperidine rings is 1. The van der Waals surface area contributed by atoms with Crippen LogP contribution in [0.15, 0.2) is 0 Å². The van der Waals surface area contributed by atoms with Crippen molar-refractivity contribution in [3.05, 3.63) is 0 Å². The molecule has 0 saturated carbocycles. The molecule has 0 unspecified atom stereocenters. The summed E-state index contributed by atoms with van der Waals surface area (Å²) in [5, 5.41) is 12.5. The van der Waals surface area contributed by atoms with E-state index in [1.807, 2.05) is 0 Å². The topological polar surface area (TPSA) is 32.7 Å². The molecule has 4 heteroatoms. The molecule has 19 heavy (non-hydrogen) atoms. The predicted octanol–water partition coefficient (Wildman–Crippen LogP) is 3.94. The molecule has 0 bridgehead atoms. The first-order chi connectivity index (χ1) is 8.19. The number of hydroxylamine groups is 2. The van der Waals surface area contributed by atoms with Gasteiger partial charge in [-0.25, -0.2) is 0 Å². The van der Waals surface area contributed by atoms with Crippen molar-refractivity contribution < 1.29 is 9.63 Å². The molecule has 1 heterocycles. The molecule has 0 spiro atoms. The Balaban J connectivity index is 3.03. The summed E-state index contributed by atoms with van der Waals surface area (Å²) in [7, 11) is -1.85. The van der Waals surface area contributed by atoms with Gasteiger partial charge in [0.15, 0.2) is 0 Å². The Labute approximate surface area is 120 Å². The van der Waals surface area contributed by atoms with E-state index in [-0.39, 0.29) is 22.2 Å². The number of hydrogen-bond donors (Lipinski definition) is 1. The molecule has 3 nitrogen and oxygen atoms in total. The third-order valence-corrected chi connectivity index (χ3v) is 8.95. The van der Waals surface area contributed by atoms with Crippen LogP contribution in [0.5, 0.6) is 0 Å². The Hall–Kier alpha value is 0.0969. The zero-order valence-corrected chi connectivity index (χ0v) is 15.3. The molecule has 1 rings (SSSR count). The molecule has 0 atom stereocenters. The van der Waals surface area contributed by atoms with Gasteiger partial charge in [0, 0.05) is 11.1 Å². The van der Waals surface area contributed by atoms with E-state index in [1.54, 1.807) is 0 Å². The lowest BCUT2D eigenvalue weighted by Crippen LogP contribution is -2.65. The quantitative estimate of drug-likeness (QED) is 0.781. The first-order valence-electron chi connectivity index (χ1n) is 7.37. The second-order valence-corrected chi connectivity index (χ2v) is 13.5. The molecule has 1 fully saturated rings. The van der Waals surface area contributed by atoms with Crippen LogP contribution in [0, 0.1) is 0 Å². The van der Waals surface area contributed by atoms with Crippen molar-refractivity contribution in [3.63, 3.8) is 0 Å². The van der Waals surface area contributed by atoms with Crippen LogP contribution >= 0.6 is 0 Å². The summed E-state index contributed by atoms with van der Waals surface area (Å²) in [6, 6.07) is 0. The summed E-state index contributed by atoms with van der Waals surface area (Å²) in [5.41, 5.74) is -0.257. The van der Waals surface area contributed by atoms with E-state index in [0.717, 1.165) is 12.8 Å². The van der Waals surface area contributed by atoms with Gasteiger partial charge in [-0.1, -0.05) is 20.8 Å². The van der Waals surface area contributed by atoms with Gasteiger partial charge in [0.2, 0.25) is 8.32 Å². The number of nitrogens with zero attached hydrogens (tertiary/aromatic N) is 1. The van der Waals surface area contributed by atoms with Gasteiger partial charge in [-0.3, -0.25) is 0 Å². The molecule has 1 aliphatic rings. The lowest BCUT2D eigenvalue weighted by Gasteiger charge is -2.56. The summed E-state index contributed by atoms with van der Waals surface area (Å²) < 4.78 is 6.58. The van der Waals surface area contributed by atoms with Crippen LogP contribution in [0.25, 0.3) is 0 Å². The smallest absolute Gasteiger partial charge is 0.220 e. The SMILES string of the molecule is CC1(C)CC(O)CC(C)(C)N1O[Si](C)(C)C(C)(C)C. The molecule has 0 amide bonds. The standard InChI is InChI=1S/C15H33NO2Si/c1-13(2,3)19(8,9)18-16-14(4,5)10-12(17)11-15(16,6)7/h12,17H,10-11H2,1-9H3. The molecule has 0 aromatic carbocycles. The third-order valence-electron chi connectivity index (χ3n) is 4.70. The summed E-state index contributed by atoms with van der Waals surface area (Å²) in [6.07, 6.45) is 1.31. The zero-order valence-electron chi connectivity index (χ0n) is 14.3. The minimum absolute atomic E-state index is 0.128. The van der Waals surface area contributed by atoms with Gasteiger partial charge in [-0.15, -0.1) is 0 Å². The van der Waals surface area contributed by atoms with Crippen LogP contribution in [0.2, 0.25) is 18.1 Å². The van der Waals surface area contributed by atoms with Crippen molar-refractivity contribution in [2.45, 2.75) is 96.6 Å². The first-order valence-corrected chi connectivity index (χ1v) is 10.3. The Bertz CT molecular complexity index is 314. The van der Waals surface area contributed by atoms with E-state index in [0.29, 0.717) is 0 Å². The van der Waals surface area contributed by atoms with Gasteiger partial charge >= 0.3 is 0 Å². The average molecular weight is 288 g/mol. The highest BCUT2D eigenvalue weighted by Gasteiger charge is 2.50. The number of aliphatic hydroxyl groups excluding tert-OH is 1. The fraction of sp³-hybridized carbons (Fsp3) is 1.00. The second kappa shape index (κ2) is 4.83. The van der Waals surface area contributed by atoms with E-state index < -0.39 is 8.32 Å². The van der Waals surface area contributed by atoms with Crippen molar-refractivity contribution in [2.24, 2.45) is 0 Å². The molecular weight excluding hydrogens is 254 g/mol. The predicted molar refractivity (Wildman–Crippen MR) is 83.5 cm³/mol. The van der Waals surface area contributed by atoms with Crippen LogP contribution < -0.4 is 0 Å². The van der Waals surface area contributed by atoms with Crippen molar-refractivity contribution in [2.75, 3.05) is 0 Å². The average Bonchev–Trinajstić information content (AvgIpc) is 2.07. The molecule has 0 aromatic rings. The minimum Gasteiger partial charge on any atom is -0.393 e. The minimum atomic E-state index is -1.85. The second-order valence-electron chi connectivity index (χ2n) is 8.83. The molecule has 1 saturated heterocycles. The van der Waals surface area contributed by atoms with Crippen LogP contribution in [0.1, 0.15) is 61.3 Å². The normalized spacial score (nSPS) is 25.6. The highest BCUT2D eigenvalue weighted by molar-refractivity contribution is 6.74. The maximum absolute atomic E-state index is 10.1. The van der Waals surface area contributed by atoms with Gasteiger partial charge in [0.1, 0.15) is 0 Å². The van der Waals surface area contributed by atoms with E-state index in [2.05, 4.69) is 66.6 Å². The van der Waals surface area contributed by atoms with E-state index in [9.17, 15) is 5.11 Å². The van der Waals surface area contributed by atoms with Crippen LogP contribution in [-0.2, 0) is 4.53 Å². The van der Waals surface area contributed by atoms with Crippen molar-refractivity contribution >= 4 is 8.32 Å². The van der Waals surface area contributed by atoms with E-state index >= 15 is 0 Å². The van der Waals surface area contributed by atoms with E-state index in [1.165, 1.54) is 0 Å². The van der Waals surface area contributed by atoms with Crippen LogP contribution in [0.4, 0.5) is 0 Å². The molecule has 1 N–H and O–H groups in total. The fourth-order valence-corrected chi connectivity index (χ4v) is 4.05. The van der Waals surface area contributed by atoms with Crippen molar-refractivity contribution in [1.29, 1.82) is 0 Å². The van der Waals surface area contributed by atoms with Crippen molar-refractivity contribution in [1.82, 2.24) is 5.06 Å². The summed E-state index contributed by atoms with van der Waals surface area (Å²) in [4.78, 5) is 0.